The smallest absolute Gasteiger partial charge is 0.227 e. The first kappa shape index (κ1) is 12.8. The van der Waals surface area contributed by atoms with Gasteiger partial charge in [0.25, 0.3) is 0 Å². The van der Waals surface area contributed by atoms with Gasteiger partial charge in [0.05, 0.1) is 5.92 Å². The van der Waals surface area contributed by atoms with Gasteiger partial charge in [0.2, 0.25) is 5.91 Å². The molecule has 1 saturated carbocycles. The lowest BCUT2D eigenvalue weighted by atomic mass is 9.93. The van der Waals surface area contributed by atoms with E-state index in [9.17, 15) is 4.79 Å². The highest BCUT2D eigenvalue weighted by Gasteiger charge is 2.31. The van der Waals surface area contributed by atoms with Crippen molar-refractivity contribution in [2.75, 3.05) is 33.2 Å². The van der Waals surface area contributed by atoms with Crippen molar-refractivity contribution in [1.29, 1.82) is 0 Å². The largest absolute Gasteiger partial charge is 0.340 e. The number of carbonyl (C=O) groups is 1. The summed E-state index contributed by atoms with van der Waals surface area (Å²) in [7, 11) is 2.11. The molecule has 2 rings (SSSR count). The van der Waals surface area contributed by atoms with Crippen LogP contribution in [0.25, 0.3) is 0 Å². The number of nitrogens with two attached hydrogens (primary N) is 1. The zero-order chi connectivity index (χ0) is 12.3. The van der Waals surface area contributed by atoms with E-state index in [-0.39, 0.29) is 12.0 Å². The predicted molar refractivity (Wildman–Crippen MR) is 68.6 cm³/mol. The third-order valence-corrected chi connectivity index (χ3v) is 4.20. The van der Waals surface area contributed by atoms with E-state index in [4.69, 9.17) is 5.73 Å². The maximum Gasteiger partial charge on any atom is 0.227 e. The summed E-state index contributed by atoms with van der Waals surface area (Å²) in [6, 6.07) is 0.0876. The van der Waals surface area contributed by atoms with Crippen molar-refractivity contribution in [2.24, 2.45) is 11.7 Å². The zero-order valence-corrected chi connectivity index (χ0v) is 10.9. The molecule has 0 spiro atoms. The first-order valence-electron chi connectivity index (χ1n) is 6.91. The first-order valence-corrected chi connectivity index (χ1v) is 6.91. The number of amides is 1. The monoisotopic (exact) mass is 239 g/mol. The molecule has 1 amide bonds. The Morgan fingerprint density at radius 2 is 1.71 bits per heavy atom. The summed E-state index contributed by atoms with van der Waals surface area (Å²) in [4.78, 5) is 16.7. The van der Waals surface area contributed by atoms with Crippen molar-refractivity contribution < 1.29 is 4.79 Å². The molecular formula is C13H25N3O. The second-order valence-electron chi connectivity index (χ2n) is 5.54. The molecule has 1 saturated heterocycles. The second-order valence-corrected chi connectivity index (χ2v) is 5.54. The summed E-state index contributed by atoms with van der Waals surface area (Å²) in [5, 5.41) is 0. The molecule has 4 heteroatoms. The van der Waals surface area contributed by atoms with Crippen molar-refractivity contribution in [3.63, 3.8) is 0 Å². The van der Waals surface area contributed by atoms with Gasteiger partial charge in [-0.05, 0) is 19.9 Å². The van der Waals surface area contributed by atoms with E-state index in [2.05, 4.69) is 11.9 Å². The van der Waals surface area contributed by atoms with Crippen LogP contribution in [0.2, 0.25) is 0 Å². The third-order valence-electron chi connectivity index (χ3n) is 4.20. The lowest BCUT2D eigenvalue weighted by molar-refractivity contribution is -0.138. The van der Waals surface area contributed by atoms with Crippen molar-refractivity contribution in [3.05, 3.63) is 0 Å². The van der Waals surface area contributed by atoms with Crippen molar-refractivity contribution in [3.8, 4) is 0 Å². The maximum absolute atomic E-state index is 12.5. The molecule has 0 radical (unpaired) electrons. The molecule has 2 unspecified atom stereocenters. The van der Waals surface area contributed by atoms with E-state index in [1.54, 1.807) is 0 Å². The minimum atomic E-state index is 0.0842. The molecular weight excluding hydrogens is 214 g/mol. The van der Waals surface area contributed by atoms with E-state index >= 15 is 0 Å². The Kier molecular flexibility index (Phi) is 4.40. The minimum absolute atomic E-state index is 0.0842. The van der Waals surface area contributed by atoms with E-state index in [0.29, 0.717) is 5.91 Å². The molecule has 0 bridgehead atoms. The molecule has 2 N–H and O–H groups in total. The van der Waals surface area contributed by atoms with Crippen LogP contribution >= 0.6 is 0 Å². The molecule has 17 heavy (non-hydrogen) atoms. The highest BCUT2D eigenvalue weighted by atomic mass is 16.2. The van der Waals surface area contributed by atoms with Crippen molar-refractivity contribution in [2.45, 2.75) is 38.1 Å². The Morgan fingerprint density at radius 3 is 2.41 bits per heavy atom. The zero-order valence-electron chi connectivity index (χ0n) is 10.9. The molecule has 2 atom stereocenters. The highest BCUT2D eigenvalue weighted by molar-refractivity contribution is 5.79. The van der Waals surface area contributed by atoms with Gasteiger partial charge in [-0.3, -0.25) is 4.79 Å². The van der Waals surface area contributed by atoms with Gasteiger partial charge < -0.3 is 15.5 Å². The average Bonchev–Trinajstić information content (AvgIpc) is 2.54. The molecule has 1 heterocycles. The van der Waals surface area contributed by atoms with E-state index in [1.807, 2.05) is 4.90 Å². The fourth-order valence-electron chi connectivity index (χ4n) is 2.90. The van der Waals surface area contributed by atoms with E-state index in [0.717, 1.165) is 45.4 Å². The molecule has 0 aromatic rings. The minimum Gasteiger partial charge on any atom is -0.340 e. The fourth-order valence-corrected chi connectivity index (χ4v) is 2.90. The maximum atomic E-state index is 12.5. The molecule has 2 fully saturated rings. The Labute approximate surface area is 104 Å². The molecule has 2 aliphatic rings. The van der Waals surface area contributed by atoms with Gasteiger partial charge in [-0.25, -0.2) is 0 Å². The highest BCUT2D eigenvalue weighted by Crippen LogP contribution is 2.24. The van der Waals surface area contributed by atoms with Crippen LogP contribution in [0.5, 0.6) is 0 Å². The third kappa shape index (κ3) is 3.19. The molecule has 4 nitrogen and oxygen atoms in total. The standard InChI is InChI=1S/C13H25N3O/c1-15-7-9-16(10-8-15)13(17)11-5-3-2-4-6-12(11)14/h11-12H,2-10,14H2,1H3. The summed E-state index contributed by atoms with van der Waals surface area (Å²) >= 11 is 0. The lowest BCUT2D eigenvalue weighted by Gasteiger charge is -2.35. The number of nitrogens with zero attached hydrogens (tertiary/aromatic N) is 2. The van der Waals surface area contributed by atoms with Crippen LogP contribution in [-0.4, -0.2) is 55.0 Å². The number of piperazine rings is 1. The summed E-state index contributed by atoms with van der Waals surface area (Å²) < 4.78 is 0. The van der Waals surface area contributed by atoms with Gasteiger partial charge in [0.15, 0.2) is 0 Å². The quantitative estimate of drug-likeness (QED) is 0.684. The van der Waals surface area contributed by atoms with E-state index < -0.39 is 0 Å². The van der Waals surface area contributed by atoms with Gasteiger partial charge in [0.1, 0.15) is 0 Å². The lowest BCUT2D eigenvalue weighted by Crippen LogP contribution is -2.51. The van der Waals surface area contributed by atoms with Gasteiger partial charge >= 0.3 is 0 Å². The number of carbonyl (C=O) groups excluding carboxylic acids is 1. The molecule has 0 aromatic carbocycles. The van der Waals surface area contributed by atoms with E-state index in [1.165, 1.54) is 12.8 Å². The predicted octanol–water partition coefficient (Wildman–Crippen LogP) is 0.668. The average molecular weight is 239 g/mol. The van der Waals surface area contributed by atoms with Crippen LogP contribution < -0.4 is 5.73 Å². The first-order chi connectivity index (χ1) is 8.18. The van der Waals surface area contributed by atoms with Crippen LogP contribution in [0.4, 0.5) is 0 Å². The SMILES string of the molecule is CN1CCN(C(=O)C2CCCCCC2N)CC1. The summed E-state index contributed by atoms with van der Waals surface area (Å²) in [5.41, 5.74) is 6.16. The van der Waals surface area contributed by atoms with Crippen LogP contribution in [0.15, 0.2) is 0 Å². The number of rotatable bonds is 1. The van der Waals surface area contributed by atoms with Crippen LogP contribution in [0.1, 0.15) is 32.1 Å². The fraction of sp³-hybridized carbons (Fsp3) is 0.923. The van der Waals surface area contributed by atoms with Gasteiger partial charge in [-0.15, -0.1) is 0 Å². The molecule has 0 aromatic heterocycles. The Bertz CT molecular complexity index is 261. The topological polar surface area (TPSA) is 49.6 Å². The molecule has 98 valence electrons. The Balaban J connectivity index is 1.93. The Hall–Kier alpha value is -0.610. The summed E-state index contributed by atoms with van der Waals surface area (Å²) in [5.74, 6) is 0.397. The normalized spacial score (nSPS) is 32.2. The van der Waals surface area contributed by atoms with Crippen LogP contribution in [0.3, 0.4) is 0 Å². The second kappa shape index (κ2) is 5.83. The van der Waals surface area contributed by atoms with Crippen LogP contribution in [0, 0.1) is 5.92 Å². The Morgan fingerprint density at radius 1 is 1.06 bits per heavy atom. The van der Waals surface area contributed by atoms with Crippen molar-refractivity contribution in [1.82, 2.24) is 9.80 Å². The summed E-state index contributed by atoms with van der Waals surface area (Å²) in [6.45, 7) is 3.73. The van der Waals surface area contributed by atoms with Gasteiger partial charge in [-0.1, -0.05) is 19.3 Å². The van der Waals surface area contributed by atoms with Crippen LogP contribution in [-0.2, 0) is 4.79 Å². The molecule has 1 aliphatic carbocycles. The number of likely N-dealkylation sites (N-methyl/N-ethyl adjacent to an activating group) is 1. The van der Waals surface area contributed by atoms with Gasteiger partial charge in [-0.2, -0.15) is 0 Å². The number of hydrogen-bond acceptors (Lipinski definition) is 3. The number of hydrogen-bond donors (Lipinski definition) is 1. The van der Waals surface area contributed by atoms with Gasteiger partial charge in [0, 0.05) is 32.2 Å². The molecule has 1 aliphatic heterocycles. The van der Waals surface area contributed by atoms with Crippen molar-refractivity contribution >= 4 is 5.91 Å². The summed E-state index contributed by atoms with van der Waals surface area (Å²) in [6.07, 6.45) is 5.60.